The fraction of sp³-hybridized carbons (Fsp3) is 0.455. The van der Waals surface area contributed by atoms with Gasteiger partial charge in [-0.25, -0.2) is 14.1 Å². The number of hydrogen-bond acceptors (Lipinski definition) is 9. The number of phenols is 1. The highest BCUT2D eigenvalue weighted by molar-refractivity contribution is 5.70. The molecule has 4 atom stereocenters. The fourth-order valence-electron chi connectivity index (χ4n) is 4.74. The number of aromatic nitrogens is 6. The highest BCUT2D eigenvalue weighted by Gasteiger charge is 2.42. The summed E-state index contributed by atoms with van der Waals surface area (Å²) >= 11 is 0. The topological polar surface area (TPSA) is 129 Å². The molecule has 2 saturated heterocycles. The van der Waals surface area contributed by atoms with Crippen molar-refractivity contribution < 1.29 is 9.50 Å². The summed E-state index contributed by atoms with van der Waals surface area (Å²) in [6.45, 7) is 0. The number of anilines is 1. The smallest absolute Gasteiger partial charge is 0.231 e. The van der Waals surface area contributed by atoms with Crippen LogP contribution in [0.3, 0.4) is 0 Å². The number of nitriles is 1. The first-order valence-corrected chi connectivity index (χ1v) is 10.9. The van der Waals surface area contributed by atoms with Gasteiger partial charge in [0.25, 0.3) is 0 Å². The number of aryl methyl sites for hydroxylation is 1. The molecule has 2 N–H and O–H groups in total. The van der Waals surface area contributed by atoms with Crippen molar-refractivity contribution in [3.05, 3.63) is 30.2 Å². The van der Waals surface area contributed by atoms with Crippen LogP contribution in [0.25, 0.3) is 22.8 Å². The number of rotatable bonds is 4. The molecular formula is C22H24FN9O. The molecule has 2 aliphatic heterocycles. The van der Waals surface area contributed by atoms with Gasteiger partial charge in [-0.3, -0.25) is 0 Å². The molecule has 10 nitrogen and oxygen atoms in total. The van der Waals surface area contributed by atoms with Crippen LogP contribution < -0.4 is 10.2 Å². The van der Waals surface area contributed by atoms with Gasteiger partial charge < -0.3 is 15.3 Å². The molecule has 1 aromatic carbocycles. The van der Waals surface area contributed by atoms with Crippen LogP contribution in [-0.4, -0.2) is 66.4 Å². The maximum Gasteiger partial charge on any atom is 0.231 e. The van der Waals surface area contributed by atoms with E-state index in [0.29, 0.717) is 28.8 Å². The van der Waals surface area contributed by atoms with E-state index in [0.717, 1.165) is 25.7 Å². The first-order valence-electron chi connectivity index (χ1n) is 10.9. The Morgan fingerprint density at radius 3 is 2.82 bits per heavy atom. The lowest BCUT2D eigenvalue weighted by Crippen LogP contribution is -2.61. The highest BCUT2D eigenvalue weighted by Crippen LogP contribution is 2.33. The Kier molecular flexibility index (Phi) is 5.38. The predicted octanol–water partition coefficient (Wildman–Crippen LogP) is 1.97. The van der Waals surface area contributed by atoms with E-state index in [1.165, 1.54) is 10.7 Å². The van der Waals surface area contributed by atoms with Crippen molar-refractivity contribution in [3.63, 3.8) is 0 Å². The van der Waals surface area contributed by atoms with Crippen LogP contribution in [0.15, 0.2) is 24.4 Å². The Bertz CT molecular complexity index is 1210. The van der Waals surface area contributed by atoms with Crippen molar-refractivity contribution in [2.45, 2.75) is 50.0 Å². The Labute approximate surface area is 190 Å². The molecule has 5 rings (SSSR count). The zero-order valence-corrected chi connectivity index (χ0v) is 18.4. The third kappa shape index (κ3) is 3.87. The number of benzene rings is 1. The lowest BCUT2D eigenvalue weighted by molar-refractivity contribution is 0.107. The lowest BCUT2D eigenvalue weighted by Gasteiger charge is -2.45. The van der Waals surface area contributed by atoms with E-state index < -0.39 is 6.17 Å². The van der Waals surface area contributed by atoms with Gasteiger partial charge in [-0.15, -0.1) is 10.2 Å². The zero-order valence-electron chi connectivity index (χ0n) is 18.4. The molecule has 0 spiro atoms. The second-order valence-corrected chi connectivity index (χ2v) is 8.63. The number of alkyl halides is 1. The molecule has 2 fully saturated rings. The van der Waals surface area contributed by atoms with Crippen molar-refractivity contribution in [2.75, 3.05) is 11.9 Å². The molecular weight excluding hydrogens is 425 g/mol. The highest BCUT2D eigenvalue weighted by atomic mass is 19.1. The van der Waals surface area contributed by atoms with Crippen molar-refractivity contribution >= 4 is 5.82 Å². The van der Waals surface area contributed by atoms with Gasteiger partial charge in [0, 0.05) is 31.7 Å². The first-order chi connectivity index (χ1) is 15.9. The summed E-state index contributed by atoms with van der Waals surface area (Å²) in [6.07, 6.45) is 4.28. The average Bonchev–Trinajstić information content (AvgIpc) is 3.22. The monoisotopic (exact) mass is 449 g/mol. The molecule has 0 radical (unpaired) electrons. The van der Waals surface area contributed by atoms with E-state index in [1.54, 1.807) is 25.4 Å². The minimum absolute atomic E-state index is 0.0589. The predicted molar refractivity (Wildman–Crippen MR) is 118 cm³/mol. The van der Waals surface area contributed by atoms with E-state index in [2.05, 4.69) is 30.6 Å². The second-order valence-electron chi connectivity index (χ2n) is 8.63. The molecule has 2 bridgehead atoms. The molecule has 0 saturated carbocycles. The van der Waals surface area contributed by atoms with Crippen LogP contribution in [0.1, 0.15) is 31.5 Å². The molecule has 170 valence electrons. The number of phenolic OH excluding ortho intramolecular Hbond substituents is 1. The molecule has 3 aromatic rings. The maximum absolute atomic E-state index is 15.0. The SMILES string of the molecule is CN(c1cnc(-c2ccc(-c3nc(C#N)n(C)n3)cc2O)nn1)[C@@H]1C[C@H]2CCC[C@@H](N2)[C@@H]1F. The van der Waals surface area contributed by atoms with E-state index in [1.807, 2.05) is 18.0 Å². The van der Waals surface area contributed by atoms with Gasteiger partial charge in [0.15, 0.2) is 17.5 Å². The van der Waals surface area contributed by atoms with E-state index >= 15 is 4.39 Å². The molecule has 4 heterocycles. The standard InChI is InChI=1S/C22H24FN9O/c1-31(16-9-13-4-3-5-15(26-13)20(16)23)19-11-25-22(29-28-19)14-7-6-12(8-17(14)33)21-27-18(10-24)32(2)30-21/h6-8,11,13,15-16,20,26,33H,3-5,9H2,1-2H3/t13-,15-,16-,20+/m1/s1. The molecule has 0 amide bonds. The largest absolute Gasteiger partial charge is 0.507 e. The van der Waals surface area contributed by atoms with Gasteiger partial charge in [0.2, 0.25) is 5.82 Å². The maximum atomic E-state index is 15.0. The summed E-state index contributed by atoms with van der Waals surface area (Å²) < 4.78 is 16.4. The Morgan fingerprint density at radius 2 is 2.12 bits per heavy atom. The minimum atomic E-state index is -0.980. The number of nitrogens with zero attached hydrogens (tertiary/aromatic N) is 8. The van der Waals surface area contributed by atoms with Crippen LogP contribution in [0.4, 0.5) is 10.2 Å². The number of piperidine rings is 2. The quantitative estimate of drug-likeness (QED) is 0.614. The number of fused-ring (bicyclic) bond motifs is 2. The van der Waals surface area contributed by atoms with Gasteiger partial charge in [-0.2, -0.15) is 15.3 Å². The average molecular weight is 449 g/mol. The van der Waals surface area contributed by atoms with Gasteiger partial charge in [0.1, 0.15) is 18.0 Å². The number of aromatic hydroxyl groups is 1. The summed E-state index contributed by atoms with van der Waals surface area (Å²) in [5.74, 6) is 1.19. The van der Waals surface area contributed by atoms with E-state index in [9.17, 15) is 5.11 Å². The molecule has 11 heteroatoms. The molecule has 0 aliphatic carbocycles. The van der Waals surface area contributed by atoms with E-state index in [4.69, 9.17) is 5.26 Å². The normalized spacial score (nSPS) is 24.3. The first kappa shape index (κ1) is 21.2. The van der Waals surface area contributed by atoms with Gasteiger partial charge in [-0.1, -0.05) is 12.5 Å². The van der Waals surface area contributed by atoms with Crippen LogP contribution in [0, 0.1) is 11.3 Å². The number of nitrogens with one attached hydrogen (secondary N) is 1. The van der Waals surface area contributed by atoms with Crippen LogP contribution in [0.5, 0.6) is 5.75 Å². The van der Waals surface area contributed by atoms with Crippen LogP contribution >= 0.6 is 0 Å². The van der Waals surface area contributed by atoms with Crippen molar-refractivity contribution in [1.29, 1.82) is 5.26 Å². The Hall–Kier alpha value is -3.65. The Balaban J connectivity index is 1.35. The fourth-order valence-corrected chi connectivity index (χ4v) is 4.74. The number of hydrogen-bond donors (Lipinski definition) is 2. The third-order valence-electron chi connectivity index (χ3n) is 6.56. The summed E-state index contributed by atoms with van der Waals surface area (Å²) in [4.78, 5) is 10.3. The third-order valence-corrected chi connectivity index (χ3v) is 6.56. The molecule has 33 heavy (non-hydrogen) atoms. The van der Waals surface area contributed by atoms with Crippen LogP contribution in [-0.2, 0) is 7.05 Å². The van der Waals surface area contributed by atoms with Crippen molar-refractivity contribution in [1.82, 2.24) is 35.3 Å². The van der Waals surface area contributed by atoms with Crippen molar-refractivity contribution in [2.24, 2.45) is 7.05 Å². The van der Waals surface area contributed by atoms with Crippen molar-refractivity contribution in [3.8, 4) is 34.6 Å². The zero-order chi connectivity index (χ0) is 23.1. The summed E-state index contributed by atoms with van der Waals surface area (Å²) in [6, 6.07) is 6.76. The molecule has 2 aliphatic rings. The minimum Gasteiger partial charge on any atom is -0.507 e. The van der Waals surface area contributed by atoms with Gasteiger partial charge in [-0.05, 0) is 31.4 Å². The lowest BCUT2D eigenvalue weighted by atomic mass is 9.82. The van der Waals surface area contributed by atoms with E-state index in [-0.39, 0.29) is 29.5 Å². The number of halogens is 1. The summed E-state index contributed by atoms with van der Waals surface area (Å²) in [5.41, 5.74) is 0.958. The molecule has 0 unspecified atom stereocenters. The second kappa shape index (κ2) is 8.37. The van der Waals surface area contributed by atoms with Gasteiger partial charge in [0.05, 0.1) is 17.8 Å². The summed E-state index contributed by atoms with van der Waals surface area (Å²) in [7, 11) is 3.45. The van der Waals surface area contributed by atoms with Gasteiger partial charge >= 0.3 is 0 Å². The summed E-state index contributed by atoms with van der Waals surface area (Å²) in [5, 5.41) is 35.6. The van der Waals surface area contributed by atoms with Crippen LogP contribution in [0.2, 0.25) is 0 Å². The molecule has 2 aromatic heterocycles. The Morgan fingerprint density at radius 1 is 1.27 bits per heavy atom.